The zero-order valence-corrected chi connectivity index (χ0v) is 14.2. The average Bonchev–Trinajstić information content (AvgIpc) is 2.94. The Labute approximate surface area is 146 Å². The normalized spacial score (nSPS) is 20.9. The number of carbonyl (C=O) groups is 2. The first kappa shape index (κ1) is 15.7. The van der Waals surface area contributed by atoms with Crippen molar-refractivity contribution in [3.63, 3.8) is 0 Å². The van der Waals surface area contributed by atoms with Gasteiger partial charge >= 0.3 is 5.97 Å². The number of amides is 1. The van der Waals surface area contributed by atoms with Crippen LogP contribution < -0.4 is 9.64 Å². The smallest absolute Gasteiger partial charge is 0.338 e. The van der Waals surface area contributed by atoms with Gasteiger partial charge in [0, 0.05) is 11.3 Å². The predicted molar refractivity (Wildman–Crippen MR) is 92.9 cm³/mol. The maximum Gasteiger partial charge on any atom is 0.338 e. The molecule has 4 rings (SSSR count). The van der Waals surface area contributed by atoms with Gasteiger partial charge in [0.1, 0.15) is 17.9 Å². The van der Waals surface area contributed by atoms with Crippen LogP contribution in [-0.2, 0) is 21.5 Å². The third kappa shape index (κ3) is 2.30. The van der Waals surface area contributed by atoms with E-state index in [4.69, 9.17) is 9.47 Å². The molecular weight excluding hydrogens is 318 g/mol. The van der Waals surface area contributed by atoms with Gasteiger partial charge < -0.3 is 9.47 Å². The fraction of sp³-hybridized carbons (Fsp3) is 0.300. The summed E-state index contributed by atoms with van der Waals surface area (Å²) in [7, 11) is 0. The molecule has 25 heavy (non-hydrogen) atoms. The Morgan fingerprint density at radius 3 is 2.72 bits per heavy atom. The summed E-state index contributed by atoms with van der Waals surface area (Å²) in [6.07, 6.45) is 0.349. The number of hydrogen-bond acceptors (Lipinski definition) is 4. The van der Waals surface area contributed by atoms with Crippen molar-refractivity contribution in [2.24, 2.45) is 0 Å². The van der Waals surface area contributed by atoms with E-state index in [0.29, 0.717) is 25.2 Å². The third-order valence-corrected chi connectivity index (χ3v) is 4.88. The molecule has 2 heterocycles. The number of ether oxygens (including phenoxy) is 2. The van der Waals surface area contributed by atoms with E-state index in [9.17, 15) is 9.59 Å². The van der Waals surface area contributed by atoms with Crippen LogP contribution in [0.2, 0.25) is 0 Å². The molecule has 0 spiro atoms. The first-order valence-corrected chi connectivity index (χ1v) is 8.40. The van der Waals surface area contributed by atoms with E-state index in [-0.39, 0.29) is 11.9 Å². The maximum absolute atomic E-state index is 12.9. The van der Waals surface area contributed by atoms with Gasteiger partial charge in [-0.1, -0.05) is 12.1 Å². The Bertz CT molecular complexity index is 858. The van der Waals surface area contributed by atoms with Crippen LogP contribution in [0.3, 0.4) is 0 Å². The van der Waals surface area contributed by atoms with Crippen LogP contribution in [0.4, 0.5) is 5.69 Å². The standard InChI is InChI=1S/C20H19NO4/c1-3-24-19(23)13-7-9-15(10-8-13)21-17(22)11-14-5-4-6-16-18(14)20(21,2)12-25-16/h4-10H,3,11-12H2,1-2H3/t20-/m0/s1. The van der Waals surface area contributed by atoms with Gasteiger partial charge in [-0.15, -0.1) is 0 Å². The molecule has 0 aromatic heterocycles. The lowest BCUT2D eigenvalue weighted by Crippen LogP contribution is -2.53. The Hall–Kier alpha value is -2.82. The first-order chi connectivity index (χ1) is 12.0. The van der Waals surface area contributed by atoms with Crippen molar-refractivity contribution >= 4 is 17.6 Å². The van der Waals surface area contributed by atoms with E-state index >= 15 is 0 Å². The zero-order valence-electron chi connectivity index (χ0n) is 14.2. The van der Waals surface area contributed by atoms with E-state index < -0.39 is 5.54 Å². The molecule has 0 N–H and O–H groups in total. The minimum atomic E-state index is -0.535. The topological polar surface area (TPSA) is 55.8 Å². The van der Waals surface area contributed by atoms with Gasteiger partial charge in [0.2, 0.25) is 5.91 Å². The number of rotatable bonds is 3. The monoisotopic (exact) mass is 337 g/mol. The molecule has 2 aliphatic rings. The number of hydrogen-bond donors (Lipinski definition) is 0. The van der Waals surface area contributed by atoms with Gasteiger partial charge in [-0.2, -0.15) is 0 Å². The lowest BCUT2D eigenvalue weighted by Gasteiger charge is -2.41. The predicted octanol–water partition coefficient (Wildman–Crippen LogP) is 3.06. The molecule has 5 nitrogen and oxygen atoms in total. The maximum atomic E-state index is 12.9. The van der Waals surface area contributed by atoms with Crippen LogP contribution in [0, 0.1) is 0 Å². The summed E-state index contributed by atoms with van der Waals surface area (Å²) in [5, 5.41) is 0. The molecule has 1 atom stereocenters. The molecule has 0 bridgehead atoms. The summed E-state index contributed by atoms with van der Waals surface area (Å²) in [6, 6.07) is 12.8. The van der Waals surface area contributed by atoms with Crippen molar-refractivity contribution in [2.75, 3.05) is 18.1 Å². The summed E-state index contributed by atoms with van der Waals surface area (Å²) >= 11 is 0. The van der Waals surface area contributed by atoms with Gasteiger partial charge in [-0.3, -0.25) is 9.69 Å². The van der Waals surface area contributed by atoms with Crippen LogP contribution >= 0.6 is 0 Å². The van der Waals surface area contributed by atoms with E-state index in [0.717, 1.165) is 22.6 Å². The SMILES string of the molecule is CCOC(=O)c1ccc(N2C(=O)Cc3cccc4c3[C@]2(C)CO4)cc1. The van der Waals surface area contributed by atoms with E-state index in [1.54, 1.807) is 36.1 Å². The largest absolute Gasteiger partial charge is 0.490 e. The Morgan fingerprint density at radius 1 is 1.24 bits per heavy atom. The lowest BCUT2D eigenvalue weighted by molar-refractivity contribution is -0.119. The molecule has 0 saturated carbocycles. The van der Waals surface area contributed by atoms with Gasteiger partial charge in [0.25, 0.3) is 0 Å². The van der Waals surface area contributed by atoms with Crippen LogP contribution in [0.1, 0.15) is 35.3 Å². The highest BCUT2D eigenvalue weighted by Crippen LogP contribution is 2.47. The summed E-state index contributed by atoms with van der Waals surface area (Å²) in [6.45, 7) is 4.55. The minimum Gasteiger partial charge on any atom is -0.490 e. The van der Waals surface area contributed by atoms with E-state index in [1.807, 2.05) is 25.1 Å². The van der Waals surface area contributed by atoms with Crippen molar-refractivity contribution < 1.29 is 19.1 Å². The fourth-order valence-electron chi connectivity index (χ4n) is 3.83. The number of esters is 1. The first-order valence-electron chi connectivity index (χ1n) is 8.40. The minimum absolute atomic E-state index is 0.0292. The molecule has 0 fully saturated rings. The summed E-state index contributed by atoms with van der Waals surface area (Å²) in [4.78, 5) is 26.5. The Kier molecular flexibility index (Phi) is 3.53. The summed E-state index contributed by atoms with van der Waals surface area (Å²) in [5.41, 5.74) is 2.81. The molecule has 0 saturated heterocycles. The van der Waals surface area contributed by atoms with Crippen LogP contribution in [0.5, 0.6) is 5.75 Å². The molecule has 0 aliphatic carbocycles. The molecule has 2 aromatic rings. The highest BCUT2D eigenvalue weighted by molar-refractivity contribution is 6.00. The third-order valence-electron chi connectivity index (χ3n) is 4.88. The van der Waals surface area contributed by atoms with E-state index in [2.05, 4.69) is 0 Å². The highest BCUT2D eigenvalue weighted by atomic mass is 16.5. The van der Waals surface area contributed by atoms with E-state index in [1.165, 1.54) is 0 Å². The second-order valence-electron chi connectivity index (χ2n) is 6.53. The highest BCUT2D eigenvalue weighted by Gasteiger charge is 2.49. The van der Waals surface area contributed by atoms with Crippen molar-refractivity contribution in [3.8, 4) is 5.75 Å². The second-order valence-corrected chi connectivity index (χ2v) is 6.53. The zero-order chi connectivity index (χ0) is 17.6. The van der Waals surface area contributed by atoms with Gasteiger partial charge in [-0.05, 0) is 49.7 Å². The molecular formula is C20H19NO4. The quantitative estimate of drug-likeness (QED) is 0.808. The Balaban J connectivity index is 1.74. The van der Waals surface area contributed by atoms with Crippen LogP contribution in [0.15, 0.2) is 42.5 Å². The molecule has 128 valence electrons. The second kappa shape index (κ2) is 5.62. The van der Waals surface area contributed by atoms with Crippen molar-refractivity contribution in [3.05, 3.63) is 59.2 Å². The molecule has 0 radical (unpaired) electrons. The molecule has 5 heteroatoms. The summed E-state index contributed by atoms with van der Waals surface area (Å²) < 4.78 is 10.9. The molecule has 2 aromatic carbocycles. The average molecular weight is 337 g/mol. The van der Waals surface area contributed by atoms with Crippen molar-refractivity contribution in [1.29, 1.82) is 0 Å². The van der Waals surface area contributed by atoms with Crippen LogP contribution in [-0.4, -0.2) is 25.1 Å². The van der Waals surface area contributed by atoms with Gasteiger partial charge in [0.05, 0.1) is 18.6 Å². The van der Waals surface area contributed by atoms with Crippen molar-refractivity contribution in [1.82, 2.24) is 0 Å². The molecule has 2 aliphatic heterocycles. The Morgan fingerprint density at radius 2 is 2.00 bits per heavy atom. The number of benzene rings is 2. The van der Waals surface area contributed by atoms with Gasteiger partial charge in [0.15, 0.2) is 0 Å². The molecule has 1 amide bonds. The lowest BCUT2D eigenvalue weighted by atomic mass is 9.82. The number of nitrogens with zero attached hydrogens (tertiary/aromatic N) is 1. The summed E-state index contributed by atoms with van der Waals surface area (Å²) in [5.74, 6) is 0.518. The van der Waals surface area contributed by atoms with Crippen LogP contribution in [0.25, 0.3) is 0 Å². The fourth-order valence-corrected chi connectivity index (χ4v) is 3.83. The number of carbonyl (C=O) groups excluding carboxylic acids is 2. The number of anilines is 1. The molecule has 0 unspecified atom stereocenters. The van der Waals surface area contributed by atoms with Crippen molar-refractivity contribution in [2.45, 2.75) is 25.8 Å². The van der Waals surface area contributed by atoms with Gasteiger partial charge in [-0.25, -0.2) is 4.79 Å².